The predicted octanol–water partition coefficient (Wildman–Crippen LogP) is 3.72. The lowest BCUT2D eigenvalue weighted by molar-refractivity contribution is 0.0775. The predicted molar refractivity (Wildman–Crippen MR) is 140 cm³/mol. The fourth-order valence-electron chi connectivity index (χ4n) is 5.43. The number of ketones is 1. The van der Waals surface area contributed by atoms with Gasteiger partial charge >= 0.3 is 0 Å². The van der Waals surface area contributed by atoms with Crippen molar-refractivity contribution in [2.75, 3.05) is 13.1 Å². The molecule has 0 spiro atoms. The smallest absolute Gasteiger partial charge is 0.260 e. The van der Waals surface area contributed by atoms with Crippen molar-refractivity contribution in [3.63, 3.8) is 0 Å². The molecule has 12 heteroatoms. The highest BCUT2D eigenvalue weighted by atomic mass is 32.2. The first-order valence-corrected chi connectivity index (χ1v) is 14.4. The van der Waals surface area contributed by atoms with Crippen molar-refractivity contribution in [1.82, 2.24) is 28.9 Å². The summed E-state index contributed by atoms with van der Waals surface area (Å²) in [6.07, 6.45) is 5.97. The molecule has 0 N–H and O–H groups in total. The Bertz CT molecular complexity index is 1720. The van der Waals surface area contributed by atoms with E-state index < -0.39 is 15.4 Å². The van der Waals surface area contributed by atoms with E-state index in [1.165, 1.54) is 32.5 Å². The fraction of sp³-hybridized carbons (Fsp3) is 0.308. The number of carbonyl (C=O) groups excluding carboxylic acids is 1. The number of hydrogen-bond acceptors (Lipinski definition) is 7. The second-order valence-electron chi connectivity index (χ2n) is 9.81. The van der Waals surface area contributed by atoms with E-state index in [-0.39, 0.29) is 36.1 Å². The van der Waals surface area contributed by atoms with Gasteiger partial charge in [0.05, 0.1) is 28.7 Å². The van der Waals surface area contributed by atoms with Crippen LogP contribution in [0.25, 0.3) is 11.8 Å². The van der Waals surface area contributed by atoms with E-state index in [1.807, 2.05) is 13.0 Å². The molecule has 1 fully saturated rings. The molecule has 1 atom stereocenters. The first-order chi connectivity index (χ1) is 18.1. The molecule has 0 saturated carbocycles. The van der Waals surface area contributed by atoms with Crippen molar-refractivity contribution in [3.05, 3.63) is 81.0 Å². The zero-order chi connectivity index (χ0) is 26.8. The third-order valence-electron chi connectivity index (χ3n) is 7.27. The minimum Gasteiger partial charge on any atom is -0.290 e. The lowest BCUT2D eigenvalue weighted by atomic mass is 9.66. The molecule has 4 heterocycles. The average molecular weight is 553 g/mol. The second kappa shape index (κ2) is 8.79. The van der Waals surface area contributed by atoms with Gasteiger partial charge in [0.2, 0.25) is 5.78 Å². The lowest BCUT2D eigenvalue weighted by Crippen LogP contribution is -2.53. The Kier molecular flexibility index (Phi) is 5.74. The van der Waals surface area contributed by atoms with Crippen molar-refractivity contribution in [2.45, 2.75) is 31.7 Å². The van der Waals surface area contributed by atoms with Crippen molar-refractivity contribution in [1.29, 1.82) is 0 Å². The summed E-state index contributed by atoms with van der Waals surface area (Å²) in [5, 5.41) is 9.20. The molecule has 196 valence electrons. The summed E-state index contributed by atoms with van der Waals surface area (Å²) in [6, 6.07) is 7.60. The second-order valence-corrected chi connectivity index (χ2v) is 12.9. The highest BCUT2D eigenvalue weighted by molar-refractivity contribution is 7.89. The number of carbonyl (C=O) groups is 1. The molecule has 1 unspecified atom stereocenters. The number of fused-ring (bicyclic) bond motifs is 2. The minimum absolute atomic E-state index is 0.00990. The Labute approximate surface area is 223 Å². The molecule has 3 aromatic heterocycles. The maximum absolute atomic E-state index is 14.2. The molecule has 4 aromatic rings. The van der Waals surface area contributed by atoms with Gasteiger partial charge in [-0.3, -0.25) is 9.48 Å². The van der Waals surface area contributed by atoms with Crippen LogP contribution in [0.4, 0.5) is 4.39 Å². The molecular formula is C26H25FN6O3S2. The van der Waals surface area contributed by atoms with E-state index >= 15 is 0 Å². The Morgan fingerprint density at radius 3 is 2.58 bits per heavy atom. The number of sulfonamides is 1. The van der Waals surface area contributed by atoms with Crippen LogP contribution in [0.2, 0.25) is 0 Å². The van der Waals surface area contributed by atoms with Crippen LogP contribution in [-0.4, -0.2) is 56.1 Å². The van der Waals surface area contributed by atoms with Crippen LogP contribution < -0.4 is 0 Å². The molecule has 1 aliphatic heterocycles. The summed E-state index contributed by atoms with van der Waals surface area (Å²) in [7, 11) is -2.31. The normalized spacial score (nSPS) is 19.6. The van der Waals surface area contributed by atoms with Gasteiger partial charge < -0.3 is 0 Å². The van der Waals surface area contributed by atoms with Crippen LogP contribution in [0.15, 0.2) is 53.3 Å². The topological polar surface area (TPSA) is 103 Å². The lowest BCUT2D eigenvalue weighted by Gasteiger charge is -2.44. The molecule has 1 aromatic carbocycles. The number of aryl methyl sites for hydroxylation is 3. The number of aromatic nitrogens is 5. The summed E-state index contributed by atoms with van der Waals surface area (Å²) < 4.78 is 45.5. The van der Waals surface area contributed by atoms with Crippen LogP contribution in [0.5, 0.6) is 0 Å². The van der Waals surface area contributed by atoms with E-state index in [9.17, 15) is 17.6 Å². The summed E-state index contributed by atoms with van der Waals surface area (Å²) in [6.45, 7) is 3.85. The number of Topliss-reactive ketones (excluding diaryl/α,β-unsaturated/α-hetero) is 1. The van der Waals surface area contributed by atoms with Crippen LogP contribution in [0, 0.1) is 25.1 Å². The molecule has 6 rings (SSSR count). The van der Waals surface area contributed by atoms with Gasteiger partial charge in [-0.2, -0.15) is 14.5 Å². The van der Waals surface area contributed by atoms with Crippen LogP contribution in [-0.2, 0) is 23.5 Å². The number of hydrogen-bond donors (Lipinski definition) is 0. The van der Waals surface area contributed by atoms with E-state index in [1.54, 1.807) is 49.2 Å². The molecule has 9 nitrogen and oxygen atoms in total. The molecule has 2 aliphatic rings. The maximum atomic E-state index is 14.2. The molecule has 0 radical (unpaired) electrons. The number of halogens is 1. The van der Waals surface area contributed by atoms with Gasteiger partial charge in [0.15, 0.2) is 10.0 Å². The van der Waals surface area contributed by atoms with Gasteiger partial charge in [-0.25, -0.2) is 22.5 Å². The molecule has 38 heavy (non-hydrogen) atoms. The summed E-state index contributed by atoms with van der Waals surface area (Å²) in [5.41, 5.74) is 2.65. The van der Waals surface area contributed by atoms with Gasteiger partial charge in [0, 0.05) is 31.2 Å². The average Bonchev–Trinajstić information content (AvgIpc) is 3.60. The van der Waals surface area contributed by atoms with Gasteiger partial charge in [0.1, 0.15) is 5.82 Å². The Balaban J connectivity index is 1.46. The number of piperidine rings is 1. The Morgan fingerprint density at radius 2 is 1.92 bits per heavy atom. The Hall–Kier alpha value is -3.48. The number of thiazole rings is 1. The minimum atomic E-state index is -3.91. The monoisotopic (exact) mass is 552 g/mol. The van der Waals surface area contributed by atoms with E-state index in [2.05, 4.69) is 15.2 Å². The Morgan fingerprint density at radius 1 is 1.16 bits per heavy atom. The van der Waals surface area contributed by atoms with Gasteiger partial charge in [-0.05, 0) is 68.7 Å². The van der Waals surface area contributed by atoms with Crippen molar-refractivity contribution < 1.29 is 17.6 Å². The highest BCUT2D eigenvalue weighted by Gasteiger charge is 2.52. The zero-order valence-corrected chi connectivity index (χ0v) is 22.7. The standard InChI is InChI=1S/C26H25FN6O3S2/c1-16-10-23(31(3)30-16)38(35,36)32-9-8-19-11-22-18(14-29-33(22)21-6-4-20(27)5-7-21)12-26(19,15-32)24(34)25-28-13-17(2)37-25/h4-7,10-11,13-14H,8-9,12,15H2,1-3H3. The first kappa shape index (κ1) is 24.8. The quantitative estimate of drug-likeness (QED) is 0.350. The highest BCUT2D eigenvalue weighted by Crippen LogP contribution is 2.47. The molecule has 1 saturated heterocycles. The first-order valence-electron chi connectivity index (χ1n) is 12.1. The SMILES string of the molecule is Cc1cc(S(=O)(=O)N2CCC3=Cc4c(cnn4-c4ccc(F)cc4)CC3(C(=O)c3ncc(C)s3)C2)n(C)n1. The zero-order valence-electron chi connectivity index (χ0n) is 21.0. The summed E-state index contributed by atoms with van der Waals surface area (Å²) in [4.78, 5) is 19.4. The van der Waals surface area contributed by atoms with Gasteiger partial charge in [0.25, 0.3) is 10.0 Å². The van der Waals surface area contributed by atoms with Gasteiger partial charge in [-0.1, -0.05) is 5.57 Å². The third kappa shape index (κ3) is 3.86. The largest absolute Gasteiger partial charge is 0.290 e. The van der Waals surface area contributed by atoms with E-state index in [4.69, 9.17) is 0 Å². The van der Waals surface area contributed by atoms with Crippen molar-refractivity contribution >= 4 is 33.2 Å². The van der Waals surface area contributed by atoms with Crippen LogP contribution >= 0.6 is 11.3 Å². The fourth-order valence-corrected chi connectivity index (χ4v) is 7.92. The molecule has 1 aliphatic carbocycles. The van der Waals surface area contributed by atoms with Crippen LogP contribution in [0.3, 0.4) is 0 Å². The molecule has 0 amide bonds. The van der Waals surface area contributed by atoms with Gasteiger partial charge in [-0.15, -0.1) is 11.3 Å². The third-order valence-corrected chi connectivity index (χ3v) is 10.1. The summed E-state index contributed by atoms with van der Waals surface area (Å²) >= 11 is 1.31. The van der Waals surface area contributed by atoms with Crippen molar-refractivity contribution in [3.8, 4) is 5.69 Å². The van der Waals surface area contributed by atoms with Crippen molar-refractivity contribution in [2.24, 2.45) is 12.5 Å². The molecular weight excluding hydrogens is 527 g/mol. The van der Waals surface area contributed by atoms with E-state index in [0.717, 1.165) is 21.7 Å². The summed E-state index contributed by atoms with van der Waals surface area (Å²) in [5.74, 6) is -0.531. The number of benzene rings is 1. The number of rotatable bonds is 5. The number of nitrogens with zero attached hydrogens (tertiary/aromatic N) is 6. The maximum Gasteiger partial charge on any atom is 0.260 e. The molecule has 0 bridgehead atoms. The van der Waals surface area contributed by atoms with Crippen LogP contribution in [0.1, 0.15) is 38.1 Å². The van der Waals surface area contributed by atoms with E-state index in [0.29, 0.717) is 22.8 Å².